The highest BCUT2D eigenvalue weighted by atomic mass is 32.2. The van der Waals surface area contributed by atoms with E-state index in [2.05, 4.69) is 10.2 Å². The first-order valence-electron chi connectivity index (χ1n) is 14.9. The quantitative estimate of drug-likeness (QED) is 0.0492. The largest absolute Gasteiger partial charge is 0.507 e. The third-order valence-corrected chi connectivity index (χ3v) is 9.02. The molecule has 0 spiro atoms. The van der Waals surface area contributed by atoms with Gasteiger partial charge in [-0.3, -0.25) is 14.5 Å². The average molecular weight is 646 g/mol. The van der Waals surface area contributed by atoms with Crippen molar-refractivity contribution >= 4 is 45.7 Å². The molecule has 1 fully saturated rings. The molecular formula is C34H35N3O6S2. The number of ether oxygens (including phenoxy) is 3. The molecule has 0 aliphatic carbocycles. The van der Waals surface area contributed by atoms with Crippen LogP contribution in [0.2, 0.25) is 0 Å². The fourth-order valence-electron chi connectivity index (χ4n) is 4.80. The van der Waals surface area contributed by atoms with Gasteiger partial charge in [0.15, 0.2) is 15.8 Å². The minimum absolute atomic E-state index is 0.0550. The second kappa shape index (κ2) is 15.1. The molecule has 2 heterocycles. The van der Waals surface area contributed by atoms with Crippen LogP contribution in [0.25, 0.3) is 5.76 Å². The molecule has 1 aliphatic rings. The van der Waals surface area contributed by atoms with Crippen LogP contribution in [0, 0.1) is 0 Å². The summed E-state index contributed by atoms with van der Waals surface area (Å²) in [5.74, 6) is 0.429. The van der Waals surface area contributed by atoms with Gasteiger partial charge in [-0.15, -0.1) is 10.2 Å². The molecule has 45 heavy (non-hydrogen) atoms. The van der Waals surface area contributed by atoms with Crippen LogP contribution >= 0.6 is 23.1 Å². The summed E-state index contributed by atoms with van der Waals surface area (Å²) in [6.07, 6.45) is 1.67. The molecule has 4 aromatic rings. The Morgan fingerprint density at radius 2 is 1.62 bits per heavy atom. The maximum atomic E-state index is 13.7. The van der Waals surface area contributed by atoms with E-state index in [0.717, 1.165) is 18.4 Å². The Hall–Kier alpha value is -4.35. The van der Waals surface area contributed by atoms with Gasteiger partial charge >= 0.3 is 5.91 Å². The number of carbonyl (C=O) groups is 2. The highest BCUT2D eigenvalue weighted by molar-refractivity contribution is 8.00. The Morgan fingerprint density at radius 1 is 0.889 bits per heavy atom. The number of Topliss-reactive ketones (excluding diaryl/α,β-unsaturated/α-hetero) is 1. The monoisotopic (exact) mass is 645 g/mol. The van der Waals surface area contributed by atoms with Crippen LogP contribution in [0.15, 0.2) is 82.7 Å². The molecule has 1 unspecified atom stereocenters. The number of aliphatic hydroxyl groups is 1. The van der Waals surface area contributed by atoms with Crippen LogP contribution in [0.5, 0.6) is 17.2 Å². The third-order valence-electron chi connectivity index (χ3n) is 6.90. The Kier molecular flexibility index (Phi) is 10.7. The van der Waals surface area contributed by atoms with Gasteiger partial charge < -0.3 is 19.3 Å². The molecule has 1 atom stereocenters. The molecule has 1 N–H and O–H groups in total. The molecule has 11 heteroatoms. The zero-order valence-corrected chi connectivity index (χ0v) is 27.0. The van der Waals surface area contributed by atoms with Crippen molar-refractivity contribution in [1.82, 2.24) is 10.2 Å². The number of rotatable bonds is 14. The summed E-state index contributed by atoms with van der Waals surface area (Å²) in [4.78, 5) is 28.7. The molecule has 0 bridgehead atoms. The van der Waals surface area contributed by atoms with E-state index in [1.165, 1.54) is 28.0 Å². The maximum Gasteiger partial charge on any atom is 0.301 e. The molecular weight excluding hydrogens is 611 g/mol. The minimum Gasteiger partial charge on any atom is -0.507 e. The van der Waals surface area contributed by atoms with Gasteiger partial charge in [-0.1, -0.05) is 73.3 Å². The average Bonchev–Trinajstić information content (AvgIpc) is 3.64. The van der Waals surface area contributed by atoms with Gasteiger partial charge in [0.05, 0.1) is 31.4 Å². The lowest BCUT2D eigenvalue weighted by Crippen LogP contribution is -2.29. The second-order valence-electron chi connectivity index (χ2n) is 10.2. The summed E-state index contributed by atoms with van der Waals surface area (Å²) >= 11 is 2.71. The number of ketones is 1. The lowest BCUT2D eigenvalue weighted by atomic mass is 9.95. The number of thioether (sulfide) groups is 1. The van der Waals surface area contributed by atoms with Crippen molar-refractivity contribution < 1.29 is 28.9 Å². The zero-order chi connectivity index (χ0) is 31.8. The number of carbonyl (C=O) groups excluding carboxylic acids is 2. The van der Waals surface area contributed by atoms with Crippen molar-refractivity contribution in [2.24, 2.45) is 0 Å². The van der Waals surface area contributed by atoms with Crippen molar-refractivity contribution in [2.45, 2.75) is 49.7 Å². The van der Waals surface area contributed by atoms with Crippen LogP contribution in [-0.2, 0) is 15.3 Å². The molecule has 0 saturated carbocycles. The molecule has 1 aromatic heterocycles. The number of nitrogens with zero attached hydrogens (tertiary/aromatic N) is 3. The Morgan fingerprint density at radius 3 is 2.33 bits per heavy atom. The first kappa shape index (κ1) is 32.1. The molecule has 9 nitrogen and oxygen atoms in total. The van der Waals surface area contributed by atoms with Gasteiger partial charge in [0, 0.05) is 11.3 Å². The fourth-order valence-corrected chi connectivity index (χ4v) is 6.62. The van der Waals surface area contributed by atoms with Crippen LogP contribution in [0.4, 0.5) is 5.13 Å². The lowest BCUT2D eigenvalue weighted by molar-refractivity contribution is -0.132. The molecule has 1 saturated heterocycles. The number of aromatic nitrogens is 2. The Bertz CT molecular complexity index is 1660. The van der Waals surface area contributed by atoms with E-state index in [1.54, 1.807) is 42.5 Å². The summed E-state index contributed by atoms with van der Waals surface area (Å²) in [6.45, 7) is 7.35. The first-order chi connectivity index (χ1) is 21.9. The lowest BCUT2D eigenvalue weighted by Gasteiger charge is -2.23. The van der Waals surface area contributed by atoms with Crippen LogP contribution in [-0.4, -0.2) is 46.8 Å². The normalized spacial score (nSPS) is 15.8. The van der Waals surface area contributed by atoms with Crippen molar-refractivity contribution in [3.8, 4) is 17.2 Å². The summed E-state index contributed by atoms with van der Waals surface area (Å²) in [7, 11) is 0. The van der Waals surface area contributed by atoms with Gasteiger partial charge in [0.1, 0.15) is 11.5 Å². The van der Waals surface area contributed by atoms with E-state index in [4.69, 9.17) is 14.2 Å². The predicted molar refractivity (Wildman–Crippen MR) is 176 cm³/mol. The SMILES string of the molecule is CCCOc1ccc(C(O)=C2C(=O)C(=O)N(c3nnc(SCc4ccccc4)s3)C2c2ccc(OCCC)c(OCC)c2)cc1. The van der Waals surface area contributed by atoms with Crippen LogP contribution in [0.3, 0.4) is 0 Å². The van der Waals surface area contributed by atoms with Crippen molar-refractivity contribution in [3.63, 3.8) is 0 Å². The number of aliphatic hydroxyl groups excluding tert-OH is 1. The van der Waals surface area contributed by atoms with E-state index in [9.17, 15) is 14.7 Å². The Labute approximate surface area is 270 Å². The van der Waals surface area contributed by atoms with Gasteiger partial charge in [0.2, 0.25) is 5.13 Å². The molecule has 5 rings (SSSR count). The smallest absolute Gasteiger partial charge is 0.301 e. The van der Waals surface area contributed by atoms with Crippen molar-refractivity contribution in [3.05, 3.63) is 95.1 Å². The number of amides is 1. The van der Waals surface area contributed by atoms with E-state index in [1.807, 2.05) is 51.1 Å². The number of hydrogen-bond donors (Lipinski definition) is 1. The van der Waals surface area contributed by atoms with Crippen LogP contribution in [0.1, 0.15) is 56.3 Å². The van der Waals surface area contributed by atoms with Gasteiger partial charge in [-0.25, -0.2) is 0 Å². The van der Waals surface area contributed by atoms with Gasteiger partial charge in [-0.05, 0) is 67.3 Å². The minimum atomic E-state index is -0.986. The van der Waals surface area contributed by atoms with Gasteiger partial charge in [-0.2, -0.15) is 0 Å². The maximum absolute atomic E-state index is 13.7. The number of hydrogen-bond acceptors (Lipinski definition) is 10. The molecule has 1 amide bonds. The second-order valence-corrected chi connectivity index (χ2v) is 12.3. The fraction of sp³-hybridized carbons (Fsp3) is 0.294. The van der Waals surface area contributed by atoms with Crippen molar-refractivity contribution in [1.29, 1.82) is 0 Å². The molecule has 0 radical (unpaired) electrons. The number of benzene rings is 3. The zero-order valence-electron chi connectivity index (χ0n) is 25.4. The third kappa shape index (κ3) is 7.32. The van der Waals surface area contributed by atoms with E-state index >= 15 is 0 Å². The first-order valence-corrected chi connectivity index (χ1v) is 16.7. The molecule has 1 aliphatic heterocycles. The summed E-state index contributed by atoms with van der Waals surface area (Å²) in [6, 6.07) is 21.1. The standard InChI is InChI=1S/C34H35N3O6S2/c1-4-18-42-25-15-12-23(13-16-25)30(38)28-29(24-14-17-26(43-19-5-2)27(20-24)41-6-3)37(32(40)31(28)39)33-35-36-34(45-33)44-21-22-10-8-7-9-11-22/h7-17,20,29,38H,4-6,18-19,21H2,1-3H3. The summed E-state index contributed by atoms with van der Waals surface area (Å²) in [5.41, 5.74) is 2.01. The van der Waals surface area contributed by atoms with E-state index in [-0.39, 0.29) is 16.5 Å². The predicted octanol–water partition coefficient (Wildman–Crippen LogP) is 7.43. The summed E-state index contributed by atoms with van der Waals surface area (Å²) < 4.78 is 18.1. The van der Waals surface area contributed by atoms with Crippen LogP contribution < -0.4 is 19.1 Å². The van der Waals surface area contributed by atoms with E-state index in [0.29, 0.717) is 58.3 Å². The highest BCUT2D eigenvalue weighted by Gasteiger charge is 2.48. The summed E-state index contributed by atoms with van der Waals surface area (Å²) in [5, 5.41) is 20.5. The number of anilines is 1. The topological polar surface area (TPSA) is 111 Å². The van der Waals surface area contributed by atoms with Gasteiger partial charge in [0.25, 0.3) is 5.78 Å². The molecule has 3 aromatic carbocycles. The van der Waals surface area contributed by atoms with E-state index < -0.39 is 17.7 Å². The molecule has 234 valence electrons. The Balaban J connectivity index is 1.56. The highest BCUT2D eigenvalue weighted by Crippen LogP contribution is 2.45. The van der Waals surface area contributed by atoms with Crippen molar-refractivity contribution in [2.75, 3.05) is 24.7 Å².